The van der Waals surface area contributed by atoms with Crippen LogP contribution >= 0.6 is 11.6 Å². The third kappa shape index (κ3) is 6.12. The van der Waals surface area contributed by atoms with E-state index in [1.807, 2.05) is 0 Å². The SMILES string of the molecule is O=S(=O)(O)c1ccc(N=Nc2ccc(O)c(C=Nc3cc(Cl)cc(S(=O)(=O)O)c3O)c2)cc1. The summed E-state index contributed by atoms with van der Waals surface area (Å²) < 4.78 is 63.0. The van der Waals surface area contributed by atoms with Crippen LogP contribution < -0.4 is 0 Å². The molecule has 0 saturated heterocycles. The van der Waals surface area contributed by atoms with E-state index in [1.54, 1.807) is 0 Å². The Morgan fingerprint density at radius 3 is 2.00 bits per heavy atom. The molecule has 0 unspecified atom stereocenters. The Bertz CT molecular complexity index is 1490. The largest absolute Gasteiger partial charge is 0.507 e. The highest BCUT2D eigenvalue weighted by Gasteiger charge is 2.19. The summed E-state index contributed by atoms with van der Waals surface area (Å²) in [5.74, 6) is -1.05. The Hall–Kier alpha value is -3.36. The van der Waals surface area contributed by atoms with Gasteiger partial charge in [-0.3, -0.25) is 14.1 Å². The fraction of sp³-hybridized carbons (Fsp3) is 0. The van der Waals surface area contributed by atoms with Crippen molar-refractivity contribution in [2.45, 2.75) is 9.79 Å². The molecular weight excluding hydrogens is 498 g/mol. The Balaban J connectivity index is 1.89. The van der Waals surface area contributed by atoms with Crippen LogP contribution in [-0.4, -0.2) is 42.4 Å². The first kappa shape index (κ1) is 24.3. The Morgan fingerprint density at radius 1 is 0.788 bits per heavy atom. The van der Waals surface area contributed by atoms with Crippen LogP contribution in [0.4, 0.5) is 17.1 Å². The molecule has 4 N–H and O–H groups in total. The first-order valence-corrected chi connectivity index (χ1v) is 12.0. The van der Waals surface area contributed by atoms with Crippen molar-refractivity contribution in [2.75, 3.05) is 0 Å². The van der Waals surface area contributed by atoms with Gasteiger partial charge in [0, 0.05) is 16.8 Å². The third-order valence-corrected chi connectivity index (χ3v) is 6.02. The van der Waals surface area contributed by atoms with Crippen molar-refractivity contribution >= 4 is 55.1 Å². The predicted octanol–water partition coefficient (Wildman–Crippen LogP) is 4.41. The molecule has 0 bridgehead atoms. The van der Waals surface area contributed by atoms with Gasteiger partial charge in [0.1, 0.15) is 16.3 Å². The summed E-state index contributed by atoms with van der Waals surface area (Å²) in [4.78, 5) is 2.79. The lowest BCUT2D eigenvalue weighted by atomic mass is 10.2. The number of nitrogens with zero attached hydrogens (tertiary/aromatic N) is 3. The third-order valence-electron chi connectivity index (χ3n) is 4.07. The van der Waals surface area contributed by atoms with Crippen LogP contribution in [0.25, 0.3) is 0 Å². The zero-order valence-corrected chi connectivity index (χ0v) is 18.6. The Kier molecular flexibility index (Phi) is 6.81. The molecule has 14 heteroatoms. The maximum Gasteiger partial charge on any atom is 0.298 e. The van der Waals surface area contributed by atoms with E-state index in [9.17, 15) is 31.6 Å². The van der Waals surface area contributed by atoms with Crippen molar-refractivity contribution in [3.8, 4) is 11.5 Å². The van der Waals surface area contributed by atoms with Crippen LogP contribution in [0.5, 0.6) is 11.5 Å². The van der Waals surface area contributed by atoms with Crippen LogP contribution in [0.1, 0.15) is 5.56 Å². The summed E-state index contributed by atoms with van der Waals surface area (Å²) in [6.45, 7) is 0. The number of aliphatic imine (C=N–C) groups is 1. The molecule has 3 rings (SSSR count). The van der Waals surface area contributed by atoms with Gasteiger partial charge in [0.05, 0.1) is 16.3 Å². The van der Waals surface area contributed by atoms with E-state index < -0.39 is 30.9 Å². The van der Waals surface area contributed by atoms with Gasteiger partial charge in [0.2, 0.25) is 0 Å². The lowest BCUT2D eigenvalue weighted by Crippen LogP contribution is -1.98. The highest BCUT2D eigenvalue weighted by molar-refractivity contribution is 7.86. The minimum absolute atomic E-state index is 0.112. The number of hydrogen-bond donors (Lipinski definition) is 4. The molecule has 172 valence electrons. The summed E-state index contributed by atoms with van der Waals surface area (Å²) in [7, 11) is -9.08. The molecule has 33 heavy (non-hydrogen) atoms. The van der Waals surface area contributed by atoms with E-state index >= 15 is 0 Å². The standard InChI is InChI=1S/C19H14ClN3O8S2/c20-12-8-16(19(25)18(9-12)33(29,30)31)21-10-11-7-14(3-6-17(11)24)23-22-13-1-4-15(5-2-13)32(26,27)28/h1-10,24-25H,(H,26,27,28)(H,29,30,31). The van der Waals surface area contributed by atoms with Crippen molar-refractivity contribution in [3.05, 3.63) is 65.2 Å². The van der Waals surface area contributed by atoms with Crippen molar-refractivity contribution < 1.29 is 36.2 Å². The van der Waals surface area contributed by atoms with E-state index in [2.05, 4.69) is 15.2 Å². The van der Waals surface area contributed by atoms with Crippen LogP contribution in [0.2, 0.25) is 5.02 Å². The molecule has 0 heterocycles. The maximum absolute atomic E-state index is 11.4. The van der Waals surface area contributed by atoms with Crippen molar-refractivity contribution in [2.24, 2.45) is 15.2 Å². The van der Waals surface area contributed by atoms with Gasteiger partial charge < -0.3 is 10.2 Å². The molecule has 3 aromatic rings. The molecule has 0 aliphatic carbocycles. The number of phenolic OH excluding ortho intramolecular Hbond substituents is 2. The monoisotopic (exact) mass is 511 g/mol. The van der Waals surface area contributed by atoms with Crippen LogP contribution in [0.15, 0.2) is 79.6 Å². The lowest BCUT2D eigenvalue weighted by Gasteiger charge is -2.06. The normalized spacial score (nSPS) is 12.6. The lowest BCUT2D eigenvalue weighted by molar-refractivity contribution is 0.444. The summed E-state index contributed by atoms with van der Waals surface area (Å²) in [6.07, 6.45) is 1.11. The van der Waals surface area contributed by atoms with Gasteiger partial charge in [-0.1, -0.05) is 11.6 Å². The quantitative estimate of drug-likeness (QED) is 0.213. The van der Waals surface area contributed by atoms with Gasteiger partial charge >= 0.3 is 0 Å². The fourth-order valence-corrected chi connectivity index (χ4v) is 3.88. The molecular formula is C19H14ClN3O8S2. The topological polar surface area (TPSA) is 186 Å². The van der Waals surface area contributed by atoms with Gasteiger partial charge in [-0.05, 0) is 54.6 Å². The molecule has 3 aromatic carbocycles. The molecule has 11 nitrogen and oxygen atoms in total. The smallest absolute Gasteiger partial charge is 0.298 e. The molecule has 0 aromatic heterocycles. The molecule has 0 atom stereocenters. The molecule has 0 saturated carbocycles. The number of phenols is 2. The summed E-state index contributed by atoms with van der Waals surface area (Å²) >= 11 is 5.82. The zero-order valence-electron chi connectivity index (χ0n) is 16.2. The average molecular weight is 512 g/mol. The van der Waals surface area contributed by atoms with Crippen LogP contribution in [0, 0.1) is 0 Å². The molecule has 0 aliphatic heterocycles. The Morgan fingerprint density at radius 2 is 1.39 bits per heavy atom. The number of benzene rings is 3. The summed E-state index contributed by atoms with van der Waals surface area (Å²) in [6, 6.07) is 11.0. The summed E-state index contributed by atoms with van der Waals surface area (Å²) in [5, 5.41) is 27.9. The van der Waals surface area contributed by atoms with Gasteiger partial charge in [-0.25, -0.2) is 0 Å². The van der Waals surface area contributed by atoms with Gasteiger partial charge in [-0.2, -0.15) is 27.1 Å². The van der Waals surface area contributed by atoms with Crippen molar-refractivity contribution in [1.82, 2.24) is 0 Å². The number of halogens is 1. The van der Waals surface area contributed by atoms with E-state index in [1.165, 1.54) is 30.3 Å². The second-order valence-corrected chi connectivity index (χ2v) is 9.66. The van der Waals surface area contributed by atoms with Crippen molar-refractivity contribution in [1.29, 1.82) is 0 Å². The highest BCUT2D eigenvalue weighted by atomic mass is 35.5. The van der Waals surface area contributed by atoms with Gasteiger partial charge in [0.15, 0.2) is 5.75 Å². The second kappa shape index (κ2) is 9.25. The molecule has 0 aliphatic rings. The highest BCUT2D eigenvalue weighted by Crippen LogP contribution is 2.36. The van der Waals surface area contributed by atoms with Crippen LogP contribution in [0.3, 0.4) is 0 Å². The summed E-state index contributed by atoms with van der Waals surface area (Å²) in [5.41, 5.74) is 0.399. The van der Waals surface area contributed by atoms with E-state index in [0.717, 1.165) is 30.5 Å². The van der Waals surface area contributed by atoms with Gasteiger partial charge in [0.25, 0.3) is 20.2 Å². The zero-order chi connectivity index (χ0) is 24.4. The fourth-order valence-electron chi connectivity index (χ4n) is 2.50. The predicted molar refractivity (Wildman–Crippen MR) is 119 cm³/mol. The van der Waals surface area contributed by atoms with Gasteiger partial charge in [-0.15, -0.1) is 0 Å². The molecule has 0 amide bonds. The maximum atomic E-state index is 11.4. The molecule has 0 radical (unpaired) electrons. The minimum Gasteiger partial charge on any atom is -0.507 e. The first-order valence-electron chi connectivity index (χ1n) is 8.71. The Labute approximate surface area is 192 Å². The number of aromatic hydroxyl groups is 2. The molecule has 0 fully saturated rings. The number of rotatable bonds is 6. The first-order chi connectivity index (χ1) is 15.3. The van der Waals surface area contributed by atoms with E-state index in [0.29, 0.717) is 0 Å². The second-order valence-electron chi connectivity index (χ2n) is 6.42. The number of hydrogen-bond acceptors (Lipinski definition) is 9. The minimum atomic E-state index is -4.75. The average Bonchev–Trinajstić information content (AvgIpc) is 2.73. The van der Waals surface area contributed by atoms with E-state index in [4.69, 9.17) is 16.2 Å². The van der Waals surface area contributed by atoms with Crippen molar-refractivity contribution in [3.63, 3.8) is 0 Å². The number of azo groups is 1. The van der Waals surface area contributed by atoms with E-state index in [-0.39, 0.29) is 38.3 Å². The molecule has 0 spiro atoms. The van der Waals surface area contributed by atoms with Crippen LogP contribution in [-0.2, 0) is 20.2 Å².